The summed E-state index contributed by atoms with van der Waals surface area (Å²) in [4.78, 5) is 3.55. The maximum Gasteiger partial charge on any atom is 0.433 e. The molecule has 0 atom stereocenters. The maximum atomic E-state index is 12.7. The van der Waals surface area contributed by atoms with Crippen molar-refractivity contribution in [3.05, 3.63) is 54.5 Å². The number of rotatable bonds is 6. The lowest BCUT2D eigenvalue weighted by molar-refractivity contribution is -0.141. The van der Waals surface area contributed by atoms with Gasteiger partial charge < -0.3 is 14.3 Å². The predicted molar refractivity (Wildman–Crippen MR) is 118 cm³/mol. The summed E-state index contributed by atoms with van der Waals surface area (Å²) in [6.07, 6.45) is -1.36. The highest BCUT2D eigenvalue weighted by Crippen LogP contribution is 2.36. The van der Waals surface area contributed by atoms with Gasteiger partial charge in [0.05, 0.1) is 24.0 Å². The van der Waals surface area contributed by atoms with Crippen molar-refractivity contribution < 1.29 is 17.6 Å². The van der Waals surface area contributed by atoms with Crippen molar-refractivity contribution in [1.82, 2.24) is 9.55 Å². The molecule has 8 heteroatoms. The second-order valence-electron chi connectivity index (χ2n) is 8.89. The van der Waals surface area contributed by atoms with Crippen molar-refractivity contribution in [2.75, 3.05) is 18.5 Å². The van der Waals surface area contributed by atoms with Crippen LogP contribution in [0.2, 0.25) is 18.1 Å². The Morgan fingerprint density at radius 3 is 2.40 bits per heavy atom. The van der Waals surface area contributed by atoms with Crippen molar-refractivity contribution >= 4 is 24.9 Å². The molecule has 0 aliphatic heterocycles. The van der Waals surface area contributed by atoms with E-state index in [2.05, 4.69) is 44.2 Å². The predicted octanol–water partition coefficient (Wildman–Crippen LogP) is 6.48. The number of aromatic nitrogens is 2. The van der Waals surface area contributed by atoms with Crippen LogP contribution < -0.4 is 5.32 Å². The SMILES string of the molecule is CC(C)(C)[Si](C)(C)OCCNc1ccc2c(ccn2-c2ccc(C(F)(F)F)nc2)c1. The Morgan fingerprint density at radius 2 is 1.80 bits per heavy atom. The second kappa shape index (κ2) is 8.07. The van der Waals surface area contributed by atoms with Crippen molar-refractivity contribution in [2.45, 2.75) is 45.1 Å². The van der Waals surface area contributed by atoms with Crippen molar-refractivity contribution in [2.24, 2.45) is 0 Å². The van der Waals surface area contributed by atoms with E-state index in [9.17, 15) is 13.2 Å². The fourth-order valence-corrected chi connectivity index (χ4v) is 3.94. The van der Waals surface area contributed by atoms with E-state index < -0.39 is 20.2 Å². The highest BCUT2D eigenvalue weighted by atomic mass is 28.4. The molecule has 0 aliphatic rings. The molecule has 4 nitrogen and oxygen atoms in total. The van der Waals surface area contributed by atoms with Crippen LogP contribution in [0.15, 0.2) is 48.8 Å². The van der Waals surface area contributed by atoms with Crippen LogP contribution in [0.1, 0.15) is 26.5 Å². The van der Waals surface area contributed by atoms with Gasteiger partial charge in [0, 0.05) is 23.8 Å². The Balaban J connectivity index is 1.67. The number of pyridine rings is 1. The van der Waals surface area contributed by atoms with E-state index in [-0.39, 0.29) is 5.04 Å². The van der Waals surface area contributed by atoms with Crippen LogP contribution in [0.5, 0.6) is 0 Å². The van der Waals surface area contributed by atoms with Crippen molar-refractivity contribution in [1.29, 1.82) is 0 Å². The monoisotopic (exact) mass is 435 g/mol. The van der Waals surface area contributed by atoms with Gasteiger partial charge in [-0.2, -0.15) is 13.2 Å². The number of anilines is 1. The number of nitrogens with one attached hydrogen (secondary N) is 1. The first-order chi connectivity index (χ1) is 13.9. The smallest absolute Gasteiger partial charge is 0.415 e. The summed E-state index contributed by atoms with van der Waals surface area (Å²) in [5.41, 5.74) is 1.57. The molecule has 0 bridgehead atoms. The highest BCUT2D eigenvalue weighted by molar-refractivity contribution is 6.74. The first-order valence-electron chi connectivity index (χ1n) is 9.91. The lowest BCUT2D eigenvalue weighted by Gasteiger charge is -2.36. The minimum absolute atomic E-state index is 0.183. The highest BCUT2D eigenvalue weighted by Gasteiger charge is 2.36. The lowest BCUT2D eigenvalue weighted by Crippen LogP contribution is -2.41. The van der Waals surface area contributed by atoms with Gasteiger partial charge in [0.2, 0.25) is 0 Å². The van der Waals surface area contributed by atoms with E-state index in [1.165, 1.54) is 12.3 Å². The fourth-order valence-electron chi connectivity index (χ4n) is 2.89. The average molecular weight is 436 g/mol. The normalized spacial score (nSPS) is 13.1. The minimum atomic E-state index is -4.44. The van der Waals surface area contributed by atoms with Crippen molar-refractivity contribution in [3.63, 3.8) is 0 Å². The van der Waals surface area contributed by atoms with E-state index in [4.69, 9.17) is 4.43 Å². The Kier molecular flexibility index (Phi) is 6.02. The second-order valence-corrected chi connectivity index (χ2v) is 13.7. The van der Waals surface area contributed by atoms with Gasteiger partial charge >= 0.3 is 6.18 Å². The van der Waals surface area contributed by atoms with Crippen LogP contribution in [0.3, 0.4) is 0 Å². The zero-order valence-electron chi connectivity index (χ0n) is 18.0. The number of nitrogens with zero attached hydrogens (tertiary/aromatic N) is 2. The molecule has 0 radical (unpaired) electrons. The molecular weight excluding hydrogens is 407 g/mol. The topological polar surface area (TPSA) is 39.1 Å². The van der Waals surface area contributed by atoms with E-state index in [0.717, 1.165) is 22.7 Å². The van der Waals surface area contributed by atoms with Gasteiger partial charge in [0.1, 0.15) is 5.69 Å². The largest absolute Gasteiger partial charge is 0.433 e. The molecule has 1 N–H and O–H groups in total. The average Bonchev–Trinajstić information content (AvgIpc) is 3.07. The van der Waals surface area contributed by atoms with Crippen LogP contribution in [0.4, 0.5) is 18.9 Å². The zero-order chi connectivity index (χ0) is 22.2. The molecule has 1 aromatic carbocycles. The summed E-state index contributed by atoms with van der Waals surface area (Å²) >= 11 is 0. The Labute approximate surface area is 176 Å². The summed E-state index contributed by atoms with van der Waals surface area (Å²) < 4.78 is 46.2. The van der Waals surface area contributed by atoms with Crippen LogP contribution in [0, 0.1) is 0 Å². The number of hydrogen-bond donors (Lipinski definition) is 1. The number of hydrogen-bond acceptors (Lipinski definition) is 3. The van der Waals surface area contributed by atoms with Gasteiger partial charge in [-0.3, -0.25) is 0 Å². The van der Waals surface area contributed by atoms with Crippen LogP contribution >= 0.6 is 0 Å². The van der Waals surface area contributed by atoms with Gasteiger partial charge in [-0.25, -0.2) is 4.98 Å². The minimum Gasteiger partial charge on any atom is -0.415 e. The first kappa shape index (κ1) is 22.4. The van der Waals surface area contributed by atoms with Crippen LogP contribution in [-0.2, 0) is 10.6 Å². The van der Waals surface area contributed by atoms with Crippen molar-refractivity contribution in [3.8, 4) is 5.69 Å². The molecule has 0 saturated carbocycles. The molecule has 2 heterocycles. The molecular formula is C22H28F3N3OSi. The molecule has 0 amide bonds. The molecule has 30 heavy (non-hydrogen) atoms. The Hall–Kier alpha value is -2.32. The zero-order valence-corrected chi connectivity index (χ0v) is 19.0. The van der Waals surface area contributed by atoms with Crippen LogP contribution in [-0.4, -0.2) is 31.0 Å². The summed E-state index contributed by atoms with van der Waals surface area (Å²) in [6.45, 7) is 12.5. The lowest BCUT2D eigenvalue weighted by atomic mass is 10.2. The third kappa shape index (κ3) is 4.87. The number of alkyl halides is 3. The summed E-state index contributed by atoms with van der Waals surface area (Å²) in [5.74, 6) is 0. The van der Waals surface area contributed by atoms with E-state index in [1.54, 1.807) is 0 Å². The number of halogens is 3. The quantitative estimate of drug-likeness (QED) is 0.356. The van der Waals surface area contributed by atoms with Gasteiger partial charge in [0.25, 0.3) is 0 Å². The third-order valence-electron chi connectivity index (χ3n) is 5.71. The molecule has 162 valence electrons. The van der Waals surface area contributed by atoms with Gasteiger partial charge in [-0.1, -0.05) is 20.8 Å². The molecule has 0 saturated heterocycles. The maximum absolute atomic E-state index is 12.7. The van der Waals surface area contributed by atoms with Gasteiger partial charge in [-0.15, -0.1) is 0 Å². The summed E-state index contributed by atoms with van der Waals surface area (Å²) in [5, 5.41) is 4.56. The van der Waals surface area contributed by atoms with Gasteiger partial charge in [-0.05, 0) is 54.5 Å². The molecule has 0 spiro atoms. The summed E-state index contributed by atoms with van der Waals surface area (Å²) in [6, 6.07) is 10.3. The Bertz CT molecular complexity index is 1010. The van der Waals surface area contributed by atoms with E-state index in [1.807, 2.05) is 35.0 Å². The third-order valence-corrected chi connectivity index (χ3v) is 10.2. The Morgan fingerprint density at radius 1 is 1.07 bits per heavy atom. The van der Waals surface area contributed by atoms with E-state index in [0.29, 0.717) is 18.8 Å². The standard InChI is InChI=1S/C22H28F3N3OSi/c1-21(2,3)30(4,5)29-13-11-26-17-6-8-19-16(14-17)10-12-28(19)18-7-9-20(27-15-18)22(23,24)25/h6-10,12,14-15,26H,11,13H2,1-5H3. The molecule has 0 fully saturated rings. The molecule has 3 rings (SSSR count). The molecule has 2 aromatic heterocycles. The number of fused-ring (bicyclic) bond motifs is 1. The molecule has 0 aliphatic carbocycles. The van der Waals surface area contributed by atoms with Gasteiger partial charge in [0.15, 0.2) is 8.32 Å². The first-order valence-corrected chi connectivity index (χ1v) is 12.8. The number of benzene rings is 1. The molecule has 3 aromatic rings. The summed E-state index contributed by atoms with van der Waals surface area (Å²) in [7, 11) is -1.76. The molecule has 0 unspecified atom stereocenters. The van der Waals surface area contributed by atoms with Crippen LogP contribution in [0.25, 0.3) is 16.6 Å². The van der Waals surface area contributed by atoms with E-state index >= 15 is 0 Å². The fraction of sp³-hybridized carbons (Fsp3) is 0.409.